The summed E-state index contributed by atoms with van der Waals surface area (Å²) in [5.41, 5.74) is 5.16. The minimum atomic E-state index is -4.75. The summed E-state index contributed by atoms with van der Waals surface area (Å²) in [6.07, 6.45) is -8.15. The zero-order valence-electron chi connectivity index (χ0n) is 20.0. The Kier molecular flexibility index (Phi) is 7.51. The van der Waals surface area contributed by atoms with E-state index in [9.17, 15) is 40.8 Å². The zero-order valence-corrected chi connectivity index (χ0v) is 20.0. The van der Waals surface area contributed by atoms with Crippen molar-refractivity contribution in [3.8, 4) is 17.2 Å². The largest absolute Gasteiger partial charge is 0.416 e. The van der Waals surface area contributed by atoms with Gasteiger partial charge in [-0.2, -0.15) is 36.7 Å². The molecule has 0 bridgehead atoms. The number of nitriles is 1. The number of carbonyl (C=O) groups excluding carboxylic acids is 1. The number of nitrogen functional groups attached to an aromatic ring is 1. The molecule has 0 aliphatic heterocycles. The van der Waals surface area contributed by atoms with Gasteiger partial charge in [-0.3, -0.25) is 0 Å². The maximum atomic E-state index is 13.9. The molecule has 0 saturated carbocycles. The van der Waals surface area contributed by atoms with Crippen LogP contribution in [0.2, 0.25) is 0 Å². The summed E-state index contributed by atoms with van der Waals surface area (Å²) in [6.45, 7) is -1.68. The van der Waals surface area contributed by atoms with Gasteiger partial charge in [0, 0.05) is 17.8 Å². The molecule has 2 aromatic heterocycles. The second kappa shape index (κ2) is 10.7. The number of fused-ring (bicyclic) bond motifs is 1. The molecule has 0 aliphatic rings. The van der Waals surface area contributed by atoms with Crippen LogP contribution in [0.15, 0.2) is 48.8 Å². The SMILES string of the molecule is N#Cc1c(-c2ccc(NC(=O)Nc3cc(C(F)(F)F)ccc3F)cc2)c2c(N)ncnn2c1CNCC(F)(F)F. The fourth-order valence-corrected chi connectivity index (χ4v) is 3.86. The molecular weight excluding hydrogens is 549 g/mol. The molecule has 2 amide bonds. The van der Waals surface area contributed by atoms with Crippen molar-refractivity contribution in [2.75, 3.05) is 22.9 Å². The summed E-state index contributed by atoms with van der Waals surface area (Å²) in [7, 11) is 0. The van der Waals surface area contributed by atoms with E-state index in [2.05, 4.69) is 20.7 Å². The Balaban J connectivity index is 1.60. The third kappa shape index (κ3) is 6.04. The van der Waals surface area contributed by atoms with Crippen LogP contribution in [0.4, 0.5) is 52.7 Å². The van der Waals surface area contributed by atoms with Crippen molar-refractivity contribution < 1.29 is 35.5 Å². The number of benzene rings is 2. The van der Waals surface area contributed by atoms with E-state index < -0.39 is 42.0 Å². The number of rotatable bonds is 6. The highest BCUT2D eigenvalue weighted by atomic mass is 19.4. The summed E-state index contributed by atoms with van der Waals surface area (Å²) in [5.74, 6) is -1.13. The molecule has 9 nitrogen and oxygen atoms in total. The molecule has 2 heterocycles. The standard InChI is InChI=1S/C24H17F7N8O/c25-16-6-3-13(24(29,30)31)7-17(16)38-22(40)37-14-4-1-12(2-5-14)19-15(8-32)18(9-34-10-23(26,27)28)39-20(19)21(33)35-11-36-39/h1-7,11,34H,9-10H2,(H2,33,35,36)(H2,37,38,40). The van der Waals surface area contributed by atoms with Crippen LogP contribution in [0.1, 0.15) is 16.8 Å². The van der Waals surface area contributed by atoms with Gasteiger partial charge in [0.15, 0.2) is 5.82 Å². The number of nitrogens with two attached hydrogens (primary N) is 1. The number of nitrogens with zero attached hydrogens (tertiary/aromatic N) is 4. The van der Waals surface area contributed by atoms with Gasteiger partial charge >= 0.3 is 18.4 Å². The van der Waals surface area contributed by atoms with Crippen molar-refractivity contribution in [3.63, 3.8) is 0 Å². The third-order valence-electron chi connectivity index (χ3n) is 5.55. The van der Waals surface area contributed by atoms with Gasteiger partial charge in [0.2, 0.25) is 0 Å². The molecule has 0 atom stereocenters. The number of carbonyl (C=O) groups is 1. The molecule has 16 heteroatoms. The van der Waals surface area contributed by atoms with E-state index in [1.807, 2.05) is 11.4 Å². The Hall–Kier alpha value is -4.91. The van der Waals surface area contributed by atoms with Crippen LogP contribution in [0.5, 0.6) is 0 Å². The number of alkyl halides is 6. The first-order valence-electron chi connectivity index (χ1n) is 11.2. The minimum Gasteiger partial charge on any atom is -0.382 e. The lowest BCUT2D eigenvalue weighted by Gasteiger charge is -2.12. The molecular formula is C24H17F7N8O. The molecule has 0 fully saturated rings. The highest BCUT2D eigenvalue weighted by Crippen LogP contribution is 2.36. The molecule has 0 spiro atoms. The van der Waals surface area contributed by atoms with Crippen molar-refractivity contribution in [1.82, 2.24) is 19.9 Å². The fraction of sp³-hybridized carbons (Fsp3) is 0.167. The highest BCUT2D eigenvalue weighted by molar-refractivity contribution is 6.00. The second-order valence-electron chi connectivity index (χ2n) is 8.28. The number of hydrogen-bond donors (Lipinski definition) is 4. The van der Waals surface area contributed by atoms with Crippen LogP contribution < -0.4 is 21.7 Å². The first-order valence-corrected chi connectivity index (χ1v) is 11.2. The molecule has 0 aliphatic carbocycles. The average molecular weight is 566 g/mol. The number of halogens is 7. The lowest BCUT2D eigenvalue weighted by Crippen LogP contribution is -2.29. The predicted octanol–water partition coefficient (Wildman–Crippen LogP) is 5.30. The molecule has 0 radical (unpaired) electrons. The van der Waals surface area contributed by atoms with E-state index >= 15 is 0 Å². The Morgan fingerprint density at radius 1 is 1.05 bits per heavy atom. The second-order valence-corrected chi connectivity index (χ2v) is 8.28. The van der Waals surface area contributed by atoms with Gasteiger partial charge in [-0.25, -0.2) is 18.7 Å². The van der Waals surface area contributed by atoms with E-state index in [4.69, 9.17) is 5.73 Å². The summed E-state index contributed by atoms with van der Waals surface area (Å²) in [5, 5.41) is 20.4. The summed E-state index contributed by atoms with van der Waals surface area (Å²) < 4.78 is 91.8. The number of urea groups is 1. The monoisotopic (exact) mass is 566 g/mol. The van der Waals surface area contributed by atoms with Crippen LogP contribution in [-0.2, 0) is 12.7 Å². The van der Waals surface area contributed by atoms with Crippen molar-refractivity contribution in [2.24, 2.45) is 0 Å². The molecule has 4 rings (SSSR count). The first kappa shape index (κ1) is 28.1. The van der Waals surface area contributed by atoms with E-state index in [0.717, 1.165) is 6.33 Å². The fourth-order valence-electron chi connectivity index (χ4n) is 3.86. The van der Waals surface area contributed by atoms with Crippen LogP contribution in [0.25, 0.3) is 16.6 Å². The Labute approximate surface area is 220 Å². The average Bonchev–Trinajstić information content (AvgIpc) is 3.19. The molecule has 5 N–H and O–H groups in total. The van der Waals surface area contributed by atoms with Gasteiger partial charge in [-0.1, -0.05) is 12.1 Å². The van der Waals surface area contributed by atoms with Gasteiger partial charge in [0.05, 0.1) is 29.1 Å². The van der Waals surface area contributed by atoms with E-state index in [0.29, 0.717) is 23.8 Å². The van der Waals surface area contributed by atoms with Crippen LogP contribution in [0.3, 0.4) is 0 Å². The van der Waals surface area contributed by atoms with Crippen LogP contribution in [0, 0.1) is 17.1 Å². The van der Waals surface area contributed by atoms with Crippen LogP contribution in [-0.4, -0.2) is 33.4 Å². The lowest BCUT2D eigenvalue weighted by atomic mass is 10.0. The van der Waals surface area contributed by atoms with Gasteiger partial charge in [0.25, 0.3) is 0 Å². The number of anilines is 3. The van der Waals surface area contributed by atoms with Crippen molar-refractivity contribution >= 4 is 28.7 Å². The lowest BCUT2D eigenvalue weighted by molar-refractivity contribution is -0.137. The predicted molar refractivity (Wildman–Crippen MR) is 129 cm³/mol. The molecule has 2 aromatic carbocycles. The molecule has 0 unspecified atom stereocenters. The quantitative estimate of drug-likeness (QED) is 0.234. The Bertz CT molecular complexity index is 1610. The summed E-state index contributed by atoms with van der Waals surface area (Å²) in [6, 6.07) is 8.15. The maximum Gasteiger partial charge on any atom is 0.416 e. The zero-order chi connectivity index (χ0) is 29.2. The van der Waals surface area contributed by atoms with Crippen molar-refractivity contribution in [2.45, 2.75) is 18.9 Å². The number of aromatic nitrogens is 3. The highest BCUT2D eigenvalue weighted by Gasteiger charge is 2.31. The van der Waals surface area contributed by atoms with E-state index in [1.165, 1.54) is 28.8 Å². The first-order chi connectivity index (χ1) is 18.8. The van der Waals surface area contributed by atoms with Gasteiger partial charge in [0.1, 0.15) is 23.7 Å². The minimum absolute atomic E-state index is 0.0136. The summed E-state index contributed by atoms with van der Waals surface area (Å²) in [4.78, 5) is 16.2. The molecule has 40 heavy (non-hydrogen) atoms. The van der Waals surface area contributed by atoms with E-state index in [1.54, 1.807) is 0 Å². The normalized spacial score (nSPS) is 11.8. The van der Waals surface area contributed by atoms with Gasteiger partial charge in [-0.15, -0.1) is 0 Å². The molecule has 0 saturated heterocycles. The smallest absolute Gasteiger partial charge is 0.382 e. The van der Waals surface area contributed by atoms with Gasteiger partial charge < -0.3 is 21.7 Å². The molecule has 4 aromatic rings. The Morgan fingerprint density at radius 3 is 2.38 bits per heavy atom. The van der Waals surface area contributed by atoms with Gasteiger partial charge in [-0.05, 0) is 35.9 Å². The third-order valence-corrected chi connectivity index (χ3v) is 5.55. The van der Waals surface area contributed by atoms with Crippen molar-refractivity contribution in [1.29, 1.82) is 5.26 Å². The van der Waals surface area contributed by atoms with E-state index in [-0.39, 0.29) is 40.4 Å². The number of hydrogen-bond acceptors (Lipinski definition) is 6. The maximum absolute atomic E-state index is 13.9. The van der Waals surface area contributed by atoms with Crippen molar-refractivity contribution in [3.05, 3.63) is 71.4 Å². The summed E-state index contributed by atoms with van der Waals surface area (Å²) >= 11 is 0. The molecule has 208 valence electrons. The number of amides is 2. The topological polar surface area (TPSA) is 133 Å². The van der Waals surface area contributed by atoms with Crippen LogP contribution >= 0.6 is 0 Å². The number of nitrogens with one attached hydrogen (secondary N) is 3. The Morgan fingerprint density at radius 2 is 1.75 bits per heavy atom.